The minimum atomic E-state index is -6.76. The van der Waals surface area contributed by atoms with E-state index in [1.165, 1.54) is 0 Å². The minimum Gasteiger partial charge on any atom is -0.199 e. The first-order valence-electron chi connectivity index (χ1n) is 6.14. The summed E-state index contributed by atoms with van der Waals surface area (Å²) in [6.07, 6.45) is -7.03. The first-order chi connectivity index (χ1) is 10.1. The zero-order valence-electron chi connectivity index (χ0n) is 11.3. The average Bonchev–Trinajstić information content (AvgIpc) is 2.37. The molecule has 0 spiro atoms. The third-order valence-electron chi connectivity index (χ3n) is 3.29. The minimum absolute atomic E-state index is 0.105. The lowest BCUT2D eigenvalue weighted by Crippen LogP contribution is -2.63. The molecule has 2 N–H and O–H groups in total. The molecule has 0 radical (unpaired) electrons. The van der Waals surface area contributed by atoms with Crippen LogP contribution in [0.2, 0.25) is 0 Å². The molecule has 0 aromatic rings. The highest BCUT2D eigenvalue weighted by Crippen LogP contribution is 2.56. The molecule has 1 rings (SSSR count). The summed E-state index contributed by atoms with van der Waals surface area (Å²) in [6, 6.07) is 0. The van der Waals surface area contributed by atoms with Gasteiger partial charge in [-0.1, -0.05) is 19.3 Å². The number of hydrogen-bond donors (Lipinski definition) is 2. The van der Waals surface area contributed by atoms with Gasteiger partial charge in [-0.25, -0.2) is 0 Å². The number of alkyl halides is 9. The number of hydrogen-bond acceptors (Lipinski definition) is 1. The Bertz CT molecular complexity index is 401. The highest BCUT2D eigenvalue weighted by molar-refractivity contribution is 7.30. The van der Waals surface area contributed by atoms with Gasteiger partial charge in [0.1, 0.15) is 0 Å². The summed E-state index contributed by atoms with van der Waals surface area (Å²) in [4.78, 5) is 14.2. The molecule has 1 saturated carbocycles. The Labute approximate surface area is 125 Å². The molecule has 0 atom stereocenters. The van der Waals surface area contributed by atoms with Crippen LogP contribution in [0.1, 0.15) is 32.1 Å². The molecule has 13 heteroatoms. The van der Waals surface area contributed by atoms with Crippen molar-refractivity contribution in [2.24, 2.45) is 5.92 Å². The van der Waals surface area contributed by atoms with Crippen LogP contribution in [-0.4, -0.2) is 33.7 Å². The van der Waals surface area contributed by atoms with Crippen LogP contribution in [-0.2, 0) is 4.57 Å². The summed E-state index contributed by atoms with van der Waals surface area (Å²) in [6.45, 7) is 0. The van der Waals surface area contributed by atoms with E-state index in [-0.39, 0.29) is 12.8 Å². The van der Waals surface area contributed by atoms with Crippen molar-refractivity contribution in [2.75, 3.05) is 0 Å². The monoisotopic (exact) mass is 383 g/mol. The van der Waals surface area contributed by atoms with Crippen molar-refractivity contribution in [3.05, 3.63) is 0 Å². The molecule has 0 aromatic carbocycles. The molecule has 23 heavy (non-hydrogen) atoms. The molecule has 0 saturated heterocycles. The van der Waals surface area contributed by atoms with Crippen molar-refractivity contribution < 1.29 is 53.9 Å². The second-order valence-electron chi connectivity index (χ2n) is 4.86. The molecule has 0 aromatic heterocycles. The molecule has 0 amide bonds. The Kier molecular flexibility index (Phi) is 7.32. The van der Waals surface area contributed by atoms with E-state index < -0.39 is 51.0 Å². The Balaban J connectivity index is 0.00000108. The van der Waals surface area contributed by atoms with Crippen LogP contribution in [0.25, 0.3) is 0 Å². The number of rotatable bonds is 3. The molecule has 0 bridgehead atoms. The van der Waals surface area contributed by atoms with Gasteiger partial charge in [0.05, 0.1) is 0 Å². The third kappa shape index (κ3) is 4.93. The van der Waals surface area contributed by atoms with Crippen LogP contribution in [0, 0.1) is 5.92 Å². The molecular formula is C10H13F9O3P+. The van der Waals surface area contributed by atoms with Crippen molar-refractivity contribution in [1.29, 1.82) is 0 Å². The quantitative estimate of drug-likeness (QED) is 0.551. The van der Waals surface area contributed by atoms with Gasteiger partial charge in [-0.2, -0.15) is 39.5 Å². The Hall–Kier alpha value is -0.610. The molecule has 138 valence electrons. The molecule has 1 fully saturated rings. The lowest BCUT2D eigenvalue weighted by Gasteiger charge is -2.38. The van der Waals surface area contributed by atoms with Gasteiger partial charge >= 0.3 is 32.2 Å². The van der Waals surface area contributed by atoms with Gasteiger partial charge < -0.3 is 0 Å². The Morgan fingerprint density at radius 3 is 1.39 bits per heavy atom. The van der Waals surface area contributed by atoms with Gasteiger partial charge in [-0.05, 0) is 12.8 Å². The lowest BCUT2D eigenvalue weighted by atomic mass is 9.80. The summed E-state index contributed by atoms with van der Waals surface area (Å²) >= 11 is 0. The van der Waals surface area contributed by atoms with Gasteiger partial charge in [0.25, 0.3) is 0 Å². The Morgan fingerprint density at radius 2 is 1.09 bits per heavy atom. The maximum atomic E-state index is 13.4. The van der Waals surface area contributed by atoms with E-state index in [2.05, 4.69) is 0 Å². The fraction of sp³-hybridized carbons (Fsp3) is 1.00. The second-order valence-corrected chi connectivity index (χ2v) is 5.36. The van der Waals surface area contributed by atoms with Gasteiger partial charge in [-0.3, -0.25) is 0 Å². The van der Waals surface area contributed by atoms with Crippen LogP contribution in [0.3, 0.4) is 0 Å². The molecular weight excluding hydrogens is 370 g/mol. The summed E-state index contributed by atoms with van der Waals surface area (Å²) in [5, 5.41) is 0. The van der Waals surface area contributed by atoms with Crippen LogP contribution >= 0.6 is 8.25 Å². The molecule has 3 nitrogen and oxygen atoms in total. The van der Waals surface area contributed by atoms with Gasteiger partial charge in [0.15, 0.2) is 0 Å². The molecule has 1 aliphatic carbocycles. The highest BCUT2D eigenvalue weighted by atomic mass is 31.1. The summed E-state index contributed by atoms with van der Waals surface area (Å²) in [7, 11) is -2.87. The predicted molar refractivity (Wildman–Crippen MR) is 59.5 cm³/mol. The second kappa shape index (κ2) is 7.52. The third-order valence-corrected chi connectivity index (χ3v) is 3.29. The summed E-state index contributed by atoms with van der Waals surface area (Å²) in [5.74, 6) is -20.8. The van der Waals surface area contributed by atoms with Crippen LogP contribution in [0.15, 0.2) is 0 Å². The van der Waals surface area contributed by atoms with Crippen molar-refractivity contribution >= 4 is 8.25 Å². The zero-order chi connectivity index (χ0) is 18.7. The lowest BCUT2D eigenvalue weighted by molar-refractivity contribution is -0.404. The maximum absolute atomic E-state index is 13.4. The van der Waals surface area contributed by atoms with Crippen molar-refractivity contribution in [3.8, 4) is 0 Å². The Morgan fingerprint density at radius 1 is 0.739 bits per heavy atom. The normalized spacial score (nSPS) is 18.2. The first kappa shape index (κ1) is 22.4. The molecule has 0 heterocycles. The fourth-order valence-corrected chi connectivity index (χ4v) is 2.11. The topological polar surface area (TPSA) is 57.5 Å². The highest BCUT2D eigenvalue weighted by Gasteiger charge is 2.82. The predicted octanol–water partition coefficient (Wildman–Crippen LogP) is 4.66. The zero-order valence-corrected chi connectivity index (χ0v) is 12.2. The number of halogens is 9. The van der Waals surface area contributed by atoms with Gasteiger partial charge in [0.2, 0.25) is 0 Å². The molecule has 0 aliphatic heterocycles. The van der Waals surface area contributed by atoms with Crippen LogP contribution in [0.5, 0.6) is 0 Å². The van der Waals surface area contributed by atoms with E-state index in [4.69, 9.17) is 14.4 Å². The van der Waals surface area contributed by atoms with Crippen molar-refractivity contribution in [2.45, 2.75) is 56.0 Å². The maximum Gasteiger partial charge on any atom is 0.692 e. The SMILES string of the molecule is FC(F)(F)C(F)(F)C(F)(F)C(F)(F)C1CCCCC1.O=[P+](O)O. The van der Waals surface area contributed by atoms with Crippen molar-refractivity contribution in [1.82, 2.24) is 0 Å². The summed E-state index contributed by atoms with van der Waals surface area (Å²) < 4.78 is 122. The van der Waals surface area contributed by atoms with Gasteiger partial charge in [0, 0.05) is 10.5 Å². The smallest absolute Gasteiger partial charge is 0.199 e. The van der Waals surface area contributed by atoms with E-state index in [1.54, 1.807) is 0 Å². The van der Waals surface area contributed by atoms with E-state index in [0.29, 0.717) is 6.42 Å². The van der Waals surface area contributed by atoms with E-state index in [0.717, 1.165) is 0 Å². The van der Waals surface area contributed by atoms with E-state index in [9.17, 15) is 39.5 Å². The van der Waals surface area contributed by atoms with Crippen molar-refractivity contribution in [3.63, 3.8) is 0 Å². The average molecular weight is 383 g/mol. The fourth-order valence-electron chi connectivity index (χ4n) is 2.11. The van der Waals surface area contributed by atoms with Crippen LogP contribution in [0.4, 0.5) is 39.5 Å². The van der Waals surface area contributed by atoms with Crippen LogP contribution < -0.4 is 0 Å². The van der Waals surface area contributed by atoms with E-state index >= 15 is 0 Å². The summed E-state index contributed by atoms with van der Waals surface area (Å²) in [5.41, 5.74) is 0. The van der Waals surface area contributed by atoms with E-state index in [1.807, 2.05) is 0 Å². The van der Waals surface area contributed by atoms with Gasteiger partial charge in [-0.15, -0.1) is 9.79 Å². The molecule has 1 aliphatic rings. The largest absolute Gasteiger partial charge is 0.692 e. The first-order valence-corrected chi connectivity index (χ1v) is 7.30. The molecule has 0 unspecified atom stereocenters. The standard InChI is InChI=1S/C10H11F9.HO3P/c11-7(12,6-4-2-1-3-5-6)8(13,14)9(15,16)10(17,18)19;1-4(2)3/h6H,1-5H2;(H-,1,2,3)/p+1.